The molecule has 4 rings (SSSR count). The molecule has 0 saturated carbocycles. The molecule has 0 radical (unpaired) electrons. The van der Waals surface area contributed by atoms with Gasteiger partial charge in [-0.1, -0.05) is 36.4 Å². The van der Waals surface area contributed by atoms with Gasteiger partial charge in [-0.3, -0.25) is 9.48 Å². The quantitative estimate of drug-likeness (QED) is 0.547. The summed E-state index contributed by atoms with van der Waals surface area (Å²) in [5.74, 6) is 0. The van der Waals surface area contributed by atoms with Gasteiger partial charge in [-0.2, -0.15) is 15.5 Å². The van der Waals surface area contributed by atoms with Crippen molar-refractivity contribution in [3.63, 3.8) is 0 Å². The molecule has 4 aromatic rings. The van der Waals surface area contributed by atoms with Crippen molar-refractivity contribution in [1.82, 2.24) is 20.0 Å². The van der Waals surface area contributed by atoms with Gasteiger partial charge in [-0.15, -0.1) is 11.3 Å². The number of hydrogen-bond acceptors (Lipinski definition) is 5. The van der Waals surface area contributed by atoms with E-state index in [-0.39, 0.29) is 5.56 Å². The van der Waals surface area contributed by atoms with Gasteiger partial charge in [0.05, 0.1) is 17.1 Å². The predicted molar refractivity (Wildman–Crippen MR) is 114 cm³/mol. The molecule has 142 valence electrons. The minimum Gasteiger partial charge on any atom is -0.267 e. The van der Waals surface area contributed by atoms with Gasteiger partial charge in [0.15, 0.2) is 0 Å². The van der Waals surface area contributed by atoms with Crippen LogP contribution in [0.4, 0.5) is 0 Å². The fourth-order valence-electron chi connectivity index (χ4n) is 3.03. The fourth-order valence-corrected chi connectivity index (χ4v) is 3.76. The zero-order chi connectivity index (χ0) is 20.2. The SMILES string of the molecule is Cc1c(/C=C/c2cn(Cc3ccccc3)nc2-c2cccs2)n[nH]c(=O)c1C#N. The molecular weight excluding hydrogens is 382 g/mol. The Kier molecular flexibility index (Phi) is 5.18. The minimum absolute atomic E-state index is 0.0814. The number of rotatable bonds is 5. The number of thiophene rings is 1. The first-order valence-corrected chi connectivity index (χ1v) is 9.86. The van der Waals surface area contributed by atoms with Gasteiger partial charge in [0.2, 0.25) is 0 Å². The molecule has 1 N–H and O–H groups in total. The van der Waals surface area contributed by atoms with Gasteiger partial charge in [0.25, 0.3) is 5.56 Å². The second-order valence-electron chi connectivity index (χ2n) is 6.48. The summed E-state index contributed by atoms with van der Waals surface area (Å²) in [6.07, 6.45) is 5.70. The second kappa shape index (κ2) is 8.09. The summed E-state index contributed by atoms with van der Waals surface area (Å²) in [7, 11) is 0. The first-order valence-electron chi connectivity index (χ1n) is 8.98. The lowest BCUT2D eigenvalue weighted by atomic mass is 10.1. The van der Waals surface area contributed by atoms with Crippen LogP contribution < -0.4 is 5.56 Å². The molecule has 0 atom stereocenters. The molecule has 0 saturated heterocycles. The van der Waals surface area contributed by atoms with Crippen molar-refractivity contribution in [1.29, 1.82) is 5.26 Å². The van der Waals surface area contributed by atoms with E-state index < -0.39 is 5.56 Å². The number of nitrogens with zero attached hydrogens (tertiary/aromatic N) is 4. The lowest BCUT2D eigenvalue weighted by Crippen LogP contribution is -2.15. The van der Waals surface area contributed by atoms with E-state index in [0.717, 1.165) is 16.1 Å². The van der Waals surface area contributed by atoms with Gasteiger partial charge < -0.3 is 0 Å². The maximum absolute atomic E-state index is 11.7. The highest BCUT2D eigenvalue weighted by molar-refractivity contribution is 7.13. The lowest BCUT2D eigenvalue weighted by Gasteiger charge is -2.00. The molecule has 3 heterocycles. The molecule has 1 aromatic carbocycles. The molecule has 0 aliphatic carbocycles. The molecule has 7 heteroatoms. The molecule has 0 spiro atoms. The maximum Gasteiger partial charge on any atom is 0.282 e. The van der Waals surface area contributed by atoms with Crippen LogP contribution in [0, 0.1) is 18.3 Å². The summed E-state index contributed by atoms with van der Waals surface area (Å²) in [6, 6.07) is 16.1. The van der Waals surface area contributed by atoms with Gasteiger partial charge in [0, 0.05) is 11.8 Å². The van der Waals surface area contributed by atoms with Crippen LogP contribution in [0.5, 0.6) is 0 Å². The predicted octanol–water partition coefficient (Wildman–Crippen LogP) is 4.09. The van der Waals surface area contributed by atoms with Crippen LogP contribution in [0.3, 0.4) is 0 Å². The van der Waals surface area contributed by atoms with E-state index in [1.807, 2.05) is 58.7 Å². The number of aromatic amines is 1. The van der Waals surface area contributed by atoms with Crippen LogP contribution in [-0.2, 0) is 6.54 Å². The molecule has 29 heavy (non-hydrogen) atoms. The Labute approximate surface area is 171 Å². The zero-order valence-electron chi connectivity index (χ0n) is 15.7. The number of aromatic nitrogens is 4. The highest BCUT2D eigenvalue weighted by atomic mass is 32.1. The number of H-pyrrole nitrogens is 1. The Morgan fingerprint density at radius 1 is 1.21 bits per heavy atom. The first-order chi connectivity index (χ1) is 14.2. The number of benzene rings is 1. The van der Waals surface area contributed by atoms with Crippen LogP contribution in [-0.4, -0.2) is 20.0 Å². The highest BCUT2D eigenvalue weighted by Gasteiger charge is 2.12. The second-order valence-corrected chi connectivity index (χ2v) is 7.42. The van der Waals surface area contributed by atoms with E-state index in [2.05, 4.69) is 22.3 Å². The normalized spacial score (nSPS) is 11.0. The molecule has 0 aliphatic heterocycles. The number of nitrogens with one attached hydrogen (secondary N) is 1. The topological polar surface area (TPSA) is 87.4 Å². The third kappa shape index (κ3) is 3.93. The Morgan fingerprint density at radius 3 is 2.76 bits per heavy atom. The average Bonchev–Trinajstić information content (AvgIpc) is 3.38. The molecule has 0 amide bonds. The zero-order valence-corrected chi connectivity index (χ0v) is 16.5. The van der Waals surface area contributed by atoms with Gasteiger partial charge >= 0.3 is 0 Å². The Balaban J connectivity index is 1.72. The molecule has 6 nitrogen and oxygen atoms in total. The minimum atomic E-state index is -0.475. The molecular formula is C22H17N5OS. The van der Waals surface area contributed by atoms with E-state index in [4.69, 9.17) is 5.10 Å². The number of hydrogen-bond donors (Lipinski definition) is 1. The Morgan fingerprint density at radius 2 is 2.03 bits per heavy atom. The summed E-state index contributed by atoms with van der Waals surface area (Å²) in [5, 5.41) is 22.4. The third-order valence-electron chi connectivity index (χ3n) is 4.53. The van der Waals surface area contributed by atoms with E-state index in [0.29, 0.717) is 17.8 Å². The molecule has 0 bridgehead atoms. The van der Waals surface area contributed by atoms with Crippen molar-refractivity contribution in [2.75, 3.05) is 0 Å². The maximum atomic E-state index is 11.7. The van der Waals surface area contributed by atoms with E-state index in [1.165, 1.54) is 5.56 Å². The van der Waals surface area contributed by atoms with Crippen molar-refractivity contribution in [2.45, 2.75) is 13.5 Å². The number of nitriles is 1. The third-order valence-corrected chi connectivity index (χ3v) is 5.41. The van der Waals surface area contributed by atoms with Crippen molar-refractivity contribution in [3.05, 3.63) is 92.3 Å². The monoisotopic (exact) mass is 399 g/mol. The van der Waals surface area contributed by atoms with Crippen LogP contribution >= 0.6 is 11.3 Å². The van der Waals surface area contributed by atoms with Crippen molar-refractivity contribution >= 4 is 23.5 Å². The summed E-state index contributed by atoms with van der Waals surface area (Å²) in [4.78, 5) is 12.8. The smallest absolute Gasteiger partial charge is 0.267 e. The summed E-state index contributed by atoms with van der Waals surface area (Å²) in [5.41, 5.74) is 3.70. The van der Waals surface area contributed by atoms with Gasteiger partial charge in [-0.05, 0) is 41.6 Å². The lowest BCUT2D eigenvalue weighted by molar-refractivity contribution is 0.689. The summed E-state index contributed by atoms with van der Waals surface area (Å²) in [6.45, 7) is 2.39. The Hall–Kier alpha value is -3.76. The standard InChI is InChI=1S/C22H17N5OS/c1-15-18(12-23)22(28)25-24-19(15)10-9-17-14-27(13-16-6-3-2-4-7-16)26-21(17)20-8-5-11-29-20/h2-11,14H,13H2,1H3,(H,25,28)/b10-9+. The summed E-state index contributed by atoms with van der Waals surface area (Å²) < 4.78 is 1.91. The molecule has 0 fully saturated rings. The van der Waals surface area contributed by atoms with Crippen molar-refractivity contribution in [2.24, 2.45) is 0 Å². The largest absolute Gasteiger partial charge is 0.282 e. The van der Waals surface area contributed by atoms with E-state index in [9.17, 15) is 10.1 Å². The van der Waals surface area contributed by atoms with Crippen LogP contribution in [0.25, 0.3) is 22.7 Å². The average molecular weight is 399 g/mol. The van der Waals surface area contributed by atoms with Crippen LogP contribution in [0.1, 0.15) is 27.9 Å². The fraction of sp³-hybridized carbons (Fsp3) is 0.0909. The molecule has 0 aliphatic rings. The molecule has 3 aromatic heterocycles. The highest BCUT2D eigenvalue weighted by Crippen LogP contribution is 2.28. The Bertz CT molecular complexity index is 1260. The summed E-state index contributed by atoms with van der Waals surface area (Å²) >= 11 is 1.63. The van der Waals surface area contributed by atoms with Crippen molar-refractivity contribution in [3.8, 4) is 16.6 Å². The van der Waals surface area contributed by atoms with Crippen LogP contribution in [0.15, 0.2) is 58.8 Å². The van der Waals surface area contributed by atoms with Gasteiger partial charge in [-0.25, -0.2) is 5.10 Å². The first kappa shape index (κ1) is 18.6. The van der Waals surface area contributed by atoms with E-state index in [1.54, 1.807) is 24.3 Å². The van der Waals surface area contributed by atoms with E-state index >= 15 is 0 Å². The molecule has 0 unspecified atom stereocenters. The van der Waals surface area contributed by atoms with Gasteiger partial charge in [0.1, 0.15) is 17.3 Å². The van der Waals surface area contributed by atoms with Crippen molar-refractivity contribution < 1.29 is 0 Å². The van der Waals surface area contributed by atoms with Crippen LogP contribution in [0.2, 0.25) is 0 Å².